The molecule has 0 radical (unpaired) electrons. The van der Waals surface area contributed by atoms with Crippen molar-refractivity contribution in [3.05, 3.63) is 35.4 Å². The lowest BCUT2D eigenvalue weighted by atomic mass is 10.1. The third kappa shape index (κ3) is 1.79. The van der Waals surface area contributed by atoms with Crippen LogP contribution in [-0.2, 0) is 0 Å². The van der Waals surface area contributed by atoms with Crippen molar-refractivity contribution in [2.24, 2.45) is 0 Å². The van der Waals surface area contributed by atoms with Crippen LogP contribution in [0, 0.1) is 6.92 Å². The van der Waals surface area contributed by atoms with E-state index in [4.69, 9.17) is 0 Å². The lowest BCUT2D eigenvalue weighted by Gasteiger charge is -2.11. The van der Waals surface area contributed by atoms with E-state index >= 15 is 0 Å². The maximum atomic E-state index is 9.40. The molecule has 1 aromatic rings. The molecule has 0 heterocycles. The van der Waals surface area contributed by atoms with Gasteiger partial charge in [-0.25, -0.2) is 0 Å². The van der Waals surface area contributed by atoms with Gasteiger partial charge in [0.1, 0.15) is 6.23 Å². The highest BCUT2D eigenvalue weighted by Crippen LogP contribution is 2.13. The lowest BCUT2D eigenvalue weighted by molar-refractivity contribution is 0.148. The van der Waals surface area contributed by atoms with Crippen molar-refractivity contribution in [3.8, 4) is 0 Å². The molecule has 1 rings (SSSR count). The summed E-state index contributed by atoms with van der Waals surface area (Å²) in [5.41, 5.74) is 2.05. The predicted molar refractivity (Wildman–Crippen MR) is 45.2 cm³/mol. The van der Waals surface area contributed by atoms with E-state index in [1.54, 1.807) is 7.05 Å². The van der Waals surface area contributed by atoms with Crippen molar-refractivity contribution in [2.75, 3.05) is 7.05 Å². The second-order valence-electron chi connectivity index (χ2n) is 2.55. The normalized spacial score (nSPS) is 13.0. The predicted octanol–water partition coefficient (Wildman–Crippen LogP) is 1.21. The van der Waals surface area contributed by atoms with Gasteiger partial charge in [0.05, 0.1) is 0 Å². The van der Waals surface area contributed by atoms with Crippen LogP contribution in [0.1, 0.15) is 17.4 Å². The molecule has 0 aliphatic rings. The number of aliphatic hydroxyl groups excluding tert-OH is 1. The number of aliphatic hydroxyl groups is 1. The van der Waals surface area contributed by atoms with Gasteiger partial charge < -0.3 is 5.11 Å². The summed E-state index contributed by atoms with van der Waals surface area (Å²) in [6.07, 6.45) is -0.545. The van der Waals surface area contributed by atoms with Crippen LogP contribution in [0.2, 0.25) is 0 Å². The number of rotatable bonds is 2. The Kier molecular flexibility index (Phi) is 2.63. The van der Waals surface area contributed by atoms with Gasteiger partial charge in [-0.15, -0.1) is 0 Å². The van der Waals surface area contributed by atoms with Gasteiger partial charge in [0, 0.05) is 0 Å². The minimum atomic E-state index is -0.545. The van der Waals surface area contributed by atoms with Crippen molar-refractivity contribution >= 4 is 0 Å². The van der Waals surface area contributed by atoms with E-state index < -0.39 is 6.23 Å². The van der Waals surface area contributed by atoms with Crippen LogP contribution in [0.15, 0.2) is 24.3 Å². The van der Waals surface area contributed by atoms with Crippen molar-refractivity contribution in [2.45, 2.75) is 13.2 Å². The molecule has 0 saturated heterocycles. The fourth-order valence-electron chi connectivity index (χ4n) is 1.05. The first-order valence-corrected chi connectivity index (χ1v) is 3.66. The van der Waals surface area contributed by atoms with Gasteiger partial charge in [0.2, 0.25) is 0 Å². The van der Waals surface area contributed by atoms with Crippen LogP contribution in [-0.4, -0.2) is 12.2 Å². The molecule has 0 aliphatic carbocycles. The number of hydrogen-bond acceptors (Lipinski definition) is 2. The van der Waals surface area contributed by atoms with E-state index in [9.17, 15) is 5.11 Å². The zero-order valence-corrected chi connectivity index (χ0v) is 6.83. The highest BCUT2D eigenvalue weighted by molar-refractivity contribution is 5.26. The van der Waals surface area contributed by atoms with Gasteiger partial charge in [0.25, 0.3) is 0 Å². The quantitative estimate of drug-likeness (QED) is 0.622. The molecular weight excluding hydrogens is 138 g/mol. The van der Waals surface area contributed by atoms with Gasteiger partial charge >= 0.3 is 0 Å². The smallest absolute Gasteiger partial charge is 0.131 e. The number of aryl methyl sites for hydroxylation is 1. The average molecular weight is 151 g/mol. The number of nitrogens with one attached hydrogen (secondary N) is 1. The highest BCUT2D eigenvalue weighted by atomic mass is 16.3. The third-order valence-corrected chi connectivity index (χ3v) is 1.76. The monoisotopic (exact) mass is 151 g/mol. The Bertz CT molecular complexity index is 235. The Hall–Kier alpha value is -0.860. The Morgan fingerprint density at radius 1 is 1.36 bits per heavy atom. The maximum Gasteiger partial charge on any atom is 0.131 e. The molecule has 2 nitrogen and oxygen atoms in total. The Morgan fingerprint density at radius 3 is 2.55 bits per heavy atom. The summed E-state index contributed by atoms with van der Waals surface area (Å²) < 4.78 is 0. The number of hydrogen-bond donors (Lipinski definition) is 2. The van der Waals surface area contributed by atoms with Gasteiger partial charge in [-0.3, -0.25) is 5.32 Å². The highest BCUT2D eigenvalue weighted by Gasteiger charge is 2.04. The summed E-state index contributed by atoms with van der Waals surface area (Å²) in [6.45, 7) is 1.98. The second kappa shape index (κ2) is 3.51. The summed E-state index contributed by atoms with van der Waals surface area (Å²) in [5, 5.41) is 12.2. The lowest BCUT2D eigenvalue weighted by Crippen LogP contribution is -2.16. The van der Waals surface area contributed by atoms with E-state index in [1.807, 2.05) is 31.2 Å². The van der Waals surface area contributed by atoms with Crippen molar-refractivity contribution in [3.63, 3.8) is 0 Å². The van der Waals surface area contributed by atoms with Crippen LogP contribution in [0.25, 0.3) is 0 Å². The van der Waals surface area contributed by atoms with Crippen LogP contribution >= 0.6 is 0 Å². The molecule has 0 bridgehead atoms. The molecule has 2 N–H and O–H groups in total. The third-order valence-electron chi connectivity index (χ3n) is 1.76. The van der Waals surface area contributed by atoms with Crippen molar-refractivity contribution in [1.82, 2.24) is 5.32 Å². The minimum Gasteiger partial charge on any atom is -0.374 e. The van der Waals surface area contributed by atoms with E-state index in [0.717, 1.165) is 11.1 Å². The molecule has 0 amide bonds. The molecule has 1 atom stereocenters. The summed E-state index contributed by atoms with van der Waals surface area (Å²) in [5.74, 6) is 0. The van der Waals surface area contributed by atoms with Crippen LogP contribution < -0.4 is 5.32 Å². The summed E-state index contributed by atoms with van der Waals surface area (Å²) in [7, 11) is 1.73. The Morgan fingerprint density at radius 2 is 2.00 bits per heavy atom. The van der Waals surface area contributed by atoms with E-state index in [2.05, 4.69) is 5.32 Å². The van der Waals surface area contributed by atoms with Crippen LogP contribution in [0.5, 0.6) is 0 Å². The molecule has 0 aromatic heterocycles. The molecule has 1 unspecified atom stereocenters. The fraction of sp³-hybridized carbons (Fsp3) is 0.333. The topological polar surface area (TPSA) is 32.3 Å². The van der Waals surface area contributed by atoms with E-state index in [1.165, 1.54) is 0 Å². The SMILES string of the molecule is CNC(O)c1ccccc1C. The summed E-state index contributed by atoms with van der Waals surface area (Å²) in [4.78, 5) is 0. The molecule has 0 aliphatic heterocycles. The van der Waals surface area contributed by atoms with Crippen molar-refractivity contribution < 1.29 is 5.11 Å². The maximum absolute atomic E-state index is 9.40. The number of benzene rings is 1. The first-order valence-electron chi connectivity index (χ1n) is 3.66. The zero-order valence-electron chi connectivity index (χ0n) is 6.83. The summed E-state index contributed by atoms with van der Waals surface area (Å²) >= 11 is 0. The molecule has 1 aromatic carbocycles. The minimum absolute atomic E-state index is 0.545. The molecule has 0 saturated carbocycles. The van der Waals surface area contributed by atoms with Gasteiger partial charge in [-0.05, 0) is 25.1 Å². The average Bonchev–Trinajstić information content (AvgIpc) is 2.04. The molecule has 11 heavy (non-hydrogen) atoms. The summed E-state index contributed by atoms with van der Waals surface area (Å²) in [6, 6.07) is 7.77. The fourth-order valence-corrected chi connectivity index (χ4v) is 1.05. The first-order chi connectivity index (χ1) is 5.25. The van der Waals surface area contributed by atoms with Crippen molar-refractivity contribution in [1.29, 1.82) is 0 Å². The largest absolute Gasteiger partial charge is 0.374 e. The van der Waals surface area contributed by atoms with Gasteiger partial charge in [-0.1, -0.05) is 24.3 Å². The van der Waals surface area contributed by atoms with E-state index in [-0.39, 0.29) is 0 Å². The van der Waals surface area contributed by atoms with E-state index in [0.29, 0.717) is 0 Å². The van der Waals surface area contributed by atoms with Gasteiger partial charge in [0.15, 0.2) is 0 Å². The first kappa shape index (κ1) is 8.24. The second-order valence-corrected chi connectivity index (χ2v) is 2.55. The standard InChI is InChI=1S/C9H13NO/c1-7-5-3-4-6-8(7)9(11)10-2/h3-6,9-11H,1-2H3. The van der Waals surface area contributed by atoms with Crippen LogP contribution in [0.4, 0.5) is 0 Å². The molecule has 0 spiro atoms. The Balaban J connectivity index is 2.93. The van der Waals surface area contributed by atoms with Crippen LogP contribution in [0.3, 0.4) is 0 Å². The molecular formula is C9H13NO. The molecule has 0 fully saturated rings. The molecule has 2 heteroatoms. The van der Waals surface area contributed by atoms with Gasteiger partial charge in [-0.2, -0.15) is 0 Å². The zero-order chi connectivity index (χ0) is 8.27. The Labute approximate surface area is 66.9 Å². The molecule has 60 valence electrons.